The van der Waals surface area contributed by atoms with E-state index in [2.05, 4.69) is 54.2 Å². The molecule has 1 aromatic carbocycles. The largest absolute Gasteiger partial charge is 0.377 e. The molecule has 0 saturated heterocycles. The van der Waals surface area contributed by atoms with Gasteiger partial charge in [-0.2, -0.15) is 0 Å². The molecule has 17 heavy (non-hydrogen) atoms. The van der Waals surface area contributed by atoms with Crippen LogP contribution in [-0.2, 0) is 11.3 Å². The highest BCUT2D eigenvalue weighted by molar-refractivity contribution is 9.10. The molecule has 0 atom stereocenters. The van der Waals surface area contributed by atoms with Crippen molar-refractivity contribution in [1.82, 2.24) is 5.32 Å². The topological polar surface area (TPSA) is 21.3 Å². The third kappa shape index (κ3) is 7.53. The van der Waals surface area contributed by atoms with Gasteiger partial charge < -0.3 is 10.1 Å². The molecule has 0 aliphatic rings. The van der Waals surface area contributed by atoms with Crippen molar-refractivity contribution < 1.29 is 4.74 Å². The third-order valence-corrected chi connectivity index (χ3v) is 2.83. The fraction of sp³-hybridized carbons (Fsp3) is 0.571. The summed E-state index contributed by atoms with van der Waals surface area (Å²) in [6, 6.07) is 8.24. The third-order valence-electron chi connectivity index (χ3n) is 2.30. The van der Waals surface area contributed by atoms with E-state index in [1.54, 1.807) is 0 Å². The predicted molar refractivity (Wildman–Crippen MR) is 76.2 cm³/mol. The number of ether oxygens (including phenoxy) is 1. The van der Waals surface area contributed by atoms with E-state index < -0.39 is 0 Å². The summed E-state index contributed by atoms with van der Waals surface area (Å²) in [5, 5.41) is 3.44. The van der Waals surface area contributed by atoms with Gasteiger partial charge in [0.25, 0.3) is 0 Å². The molecule has 0 aliphatic carbocycles. The molecule has 3 heteroatoms. The van der Waals surface area contributed by atoms with Crippen molar-refractivity contribution in [3.05, 3.63) is 34.3 Å². The van der Waals surface area contributed by atoms with Gasteiger partial charge in [-0.3, -0.25) is 0 Å². The summed E-state index contributed by atoms with van der Waals surface area (Å²) in [6.45, 7) is 9.03. The van der Waals surface area contributed by atoms with Crippen LogP contribution in [0, 0.1) is 0 Å². The lowest BCUT2D eigenvalue weighted by Gasteiger charge is -2.20. The van der Waals surface area contributed by atoms with E-state index in [0.29, 0.717) is 6.61 Å². The highest BCUT2D eigenvalue weighted by atomic mass is 79.9. The SMILES string of the molecule is CC(C)(C)NCCCOCc1ccc(Br)cc1. The summed E-state index contributed by atoms with van der Waals surface area (Å²) in [5.74, 6) is 0. The van der Waals surface area contributed by atoms with Gasteiger partial charge >= 0.3 is 0 Å². The Balaban J connectivity index is 2.07. The van der Waals surface area contributed by atoms with Gasteiger partial charge in [0.15, 0.2) is 0 Å². The molecule has 96 valence electrons. The monoisotopic (exact) mass is 299 g/mol. The lowest BCUT2D eigenvalue weighted by molar-refractivity contribution is 0.117. The Labute approximate surface area is 113 Å². The minimum atomic E-state index is 0.200. The van der Waals surface area contributed by atoms with Gasteiger partial charge in [-0.15, -0.1) is 0 Å². The molecule has 0 saturated carbocycles. The molecule has 0 heterocycles. The van der Waals surface area contributed by atoms with Crippen molar-refractivity contribution in [1.29, 1.82) is 0 Å². The highest BCUT2D eigenvalue weighted by Crippen LogP contribution is 2.11. The second-order valence-corrected chi connectivity index (χ2v) is 6.13. The Bertz CT molecular complexity index is 316. The first-order chi connectivity index (χ1) is 7.97. The van der Waals surface area contributed by atoms with Crippen molar-refractivity contribution in [2.24, 2.45) is 0 Å². The Kier molecular flexibility index (Phi) is 6.17. The number of nitrogens with one attached hydrogen (secondary N) is 1. The van der Waals surface area contributed by atoms with Gasteiger partial charge in [0.05, 0.1) is 6.61 Å². The quantitative estimate of drug-likeness (QED) is 0.808. The maximum atomic E-state index is 5.62. The van der Waals surface area contributed by atoms with Gasteiger partial charge in [0.1, 0.15) is 0 Å². The van der Waals surface area contributed by atoms with Gasteiger partial charge in [-0.05, 0) is 51.4 Å². The molecule has 0 aliphatic heterocycles. The van der Waals surface area contributed by atoms with Crippen LogP contribution in [-0.4, -0.2) is 18.7 Å². The molecule has 0 radical (unpaired) electrons. The fourth-order valence-electron chi connectivity index (χ4n) is 1.41. The summed E-state index contributed by atoms with van der Waals surface area (Å²) in [5.41, 5.74) is 1.42. The van der Waals surface area contributed by atoms with Crippen LogP contribution in [0.15, 0.2) is 28.7 Å². The molecule has 0 spiro atoms. The Morgan fingerprint density at radius 1 is 1.18 bits per heavy atom. The van der Waals surface area contributed by atoms with Gasteiger partial charge in [0.2, 0.25) is 0 Å². The van der Waals surface area contributed by atoms with E-state index in [9.17, 15) is 0 Å². The second kappa shape index (κ2) is 7.14. The normalized spacial score (nSPS) is 11.8. The minimum absolute atomic E-state index is 0.200. The van der Waals surface area contributed by atoms with E-state index in [4.69, 9.17) is 4.74 Å². The lowest BCUT2D eigenvalue weighted by atomic mass is 10.1. The smallest absolute Gasteiger partial charge is 0.0716 e. The standard InChI is InChI=1S/C14H22BrNO/c1-14(2,3)16-9-4-10-17-11-12-5-7-13(15)8-6-12/h5-8,16H,4,9-11H2,1-3H3. The van der Waals surface area contributed by atoms with Crippen LogP contribution in [0.25, 0.3) is 0 Å². The minimum Gasteiger partial charge on any atom is -0.377 e. The van der Waals surface area contributed by atoms with Crippen LogP contribution < -0.4 is 5.32 Å². The summed E-state index contributed by atoms with van der Waals surface area (Å²) in [4.78, 5) is 0. The second-order valence-electron chi connectivity index (χ2n) is 5.21. The van der Waals surface area contributed by atoms with Crippen LogP contribution in [0.1, 0.15) is 32.8 Å². The van der Waals surface area contributed by atoms with Crippen molar-refractivity contribution in [2.75, 3.05) is 13.2 Å². The number of hydrogen-bond donors (Lipinski definition) is 1. The molecule has 2 nitrogen and oxygen atoms in total. The first-order valence-corrected chi connectivity index (χ1v) is 6.84. The molecule has 1 aromatic rings. The van der Waals surface area contributed by atoms with Crippen LogP contribution >= 0.6 is 15.9 Å². The van der Waals surface area contributed by atoms with Gasteiger partial charge in [0, 0.05) is 16.6 Å². The van der Waals surface area contributed by atoms with Gasteiger partial charge in [-0.25, -0.2) is 0 Å². The Morgan fingerprint density at radius 3 is 2.41 bits per heavy atom. The van der Waals surface area contributed by atoms with Crippen molar-refractivity contribution >= 4 is 15.9 Å². The van der Waals surface area contributed by atoms with Crippen molar-refractivity contribution in [3.63, 3.8) is 0 Å². The van der Waals surface area contributed by atoms with E-state index in [1.807, 2.05) is 12.1 Å². The average molecular weight is 300 g/mol. The fourth-order valence-corrected chi connectivity index (χ4v) is 1.67. The highest BCUT2D eigenvalue weighted by Gasteiger charge is 2.06. The van der Waals surface area contributed by atoms with Gasteiger partial charge in [-0.1, -0.05) is 28.1 Å². The average Bonchev–Trinajstić information content (AvgIpc) is 2.24. The van der Waals surface area contributed by atoms with Crippen LogP contribution in [0.3, 0.4) is 0 Å². The summed E-state index contributed by atoms with van der Waals surface area (Å²) >= 11 is 3.42. The van der Waals surface area contributed by atoms with Crippen molar-refractivity contribution in [2.45, 2.75) is 39.3 Å². The summed E-state index contributed by atoms with van der Waals surface area (Å²) in [6.07, 6.45) is 1.05. The number of hydrogen-bond acceptors (Lipinski definition) is 2. The van der Waals surface area contributed by atoms with E-state index in [1.165, 1.54) is 5.56 Å². The maximum Gasteiger partial charge on any atom is 0.0716 e. The molecule has 0 aromatic heterocycles. The maximum absolute atomic E-state index is 5.62. The molecule has 0 fully saturated rings. The number of rotatable bonds is 6. The lowest BCUT2D eigenvalue weighted by Crippen LogP contribution is -2.36. The zero-order chi connectivity index (χ0) is 12.7. The number of halogens is 1. The van der Waals surface area contributed by atoms with Crippen LogP contribution in [0.4, 0.5) is 0 Å². The Morgan fingerprint density at radius 2 is 1.82 bits per heavy atom. The molecule has 1 rings (SSSR count). The zero-order valence-corrected chi connectivity index (χ0v) is 12.5. The van der Waals surface area contributed by atoms with E-state index >= 15 is 0 Å². The van der Waals surface area contributed by atoms with E-state index in [0.717, 1.165) is 24.0 Å². The predicted octanol–water partition coefficient (Wildman–Crippen LogP) is 3.74. The summed E-state index contributed by atoms with van der Waals surface area (Å²) < 4.78 is 6.73. The molecule has 0 bridgehead atoms. The van der Waals surface area contributed by atoms with Crippen molar-refractivity contribution in [3.8, 4) is 0 Å². The molecule has 0 unspecified atom stereocenters. The van der Waals surface area contributed by atoms with E-state index in [-0.39, 0.29) is 5.54 Å². The number of benzene rings is 1. The summed E-state index contributed by atoms with van der Waals surface area (Å²) in [7, 11) is 0. The molecule has 1 N–H and O–H groups in total. The van der Waals surface area contributed by atoms with Crippen LogP contribution in [0.2, 0.25) is 0 Å². The molecule has 0 amide bonds. The Hall–Kier alpha value is -0.380. The molecular formula is C14H22BrNO. The van der Waals surface area contributed by atoms with Crippen LogP contribution in [0.5, 0.6) is 0 Å². The zero-order valence-electron chi connectivity index (χ0n) is 10.9. The first kappa shape index (κ1) is 14.7. The molecular weight excluding hydrogens is 278 g/mol. The first-order valence-electron chi connectivity index (χ1n) is 6.04.